The lowest BCUT2D eigenvalue weighted by atomic mass is 9.96. The van der Waals surface area contributed by atoms with Gasteiger partial charge < -0.3 is 14.9 Å². The molecule has 6 nitrogen and oxygen atoms in total. The predicted molar refractivity (Wildman–Crippen MR) is 95.5 cm³/mol. The third kappa shape index (κ3) is 3.31. The molecule has 0 saturated carbocycles. The molecule has 1 aliphatic heterocycles. The fourth-order valence-electron chi connectivity index (χ4n) is 3.81. The van der Waals surface area contributed by atoms with Crippen molar-refractivity contribution >= 4 is 11.6 Å². The average Bonchev–Trinajstić information content (AvgIpc) is 3.04. The number of para-hydroxylation sites is 1. The Labute approximate surface area is 151 Å². The summed E-state index contributed by atoms with van der Waals surface area (Å²) in [7, 11) is 0. The third-order valence-corrected chi connectivity index (χ3v) is 5.32. The fraction of sp³-hybridized carbons (Fsp3) is 0.474. The van der Waals surface area contributed by atoms with Gasteiger partial charge in [0, 0.05) is 38.3 Å². The van der Waals surface area contributed by atoms with Gasteiger partial charge in [0.15, 0.2) is 0 Å². The maximum atomic E-state index is 13.9. The minimum absolute atomic E-state index is 0.0177. The van der Waals surface area contributed by atoms with Gasteiger partial charge in [-0.05, 0) is 30.5 Å². The van der Waals surface area contributed by atoms with Crippen LogP contribution in [0.25, 0.3) is 0 Å². The lowest BCUT2D eigenvalue weighted by Crippen LogP contribution is -2.50. The summed E-state index contributed by atoms with van der Waals surface area (Å²) >= 11 is 0. The number of benzene rings is 1. The molecule has 1 N–H and O–H groups in total. The van der Waals surface area contributed by atoms with Gasteiger partial charge in [-0.1, -0.05) is 12.1 Å². The minimum Gasteiger partial charge on any atom is -0.393 e. The predicted octanol–water partition coefficient (Wildman–Crippen LogP) is 1.22. The molecule has 1 fully saturated rings. The summed E-state index contributed by atoms with van der Waals surface area (Å²) in [4.78, 5) is 16.4. The van der Waals surface area contributed by atoms with Gasteiger partial charge >= 0.3 is 0 Å². The standard InChI is InChI=1S/C19H23FN4O2/c20-16-3-1-2-4-17(16)22-7-9-23(10-8-22)19(26)13-24-18-11-15(25)6-5-14(18)12-21-24/h1-4,12,15,25H,5-11,13H2. The zero-order valence-corrected chi connectivity index (χ0v) is 14.6. The van der Waals surface area contributed by atoms with Gasteiger partial charge in [-0.2, -0.15) is 5.10 Å². The molecule has 1 saturated heterocycles. The van der Waals surface area contributed by atoms with Crippen LogP contribution in [0.15, 0.2) is 30.5 Å². The molecule has 1 amide bonds. The van der Waals surface area contributed by atoms with Gasteiger partial charge in [-0.15, -0.1) is 0 Å². The molecule has 0 radical (unpaired) electrons. The molecule has 2 heterocycles. The normalized spacial score (nSPS) is 20.2. The van der Waals surface area contributed by atoms with Crippen molar-refractivity contribution in [1.29, 1.82) is 0 Å². The number of anilines is 1. The van der Waals surface area contributed by atoms with E-state index in [1.807, 2.05) is 22.1 Å². The van der Waals surface area contributed by atoms with Crippen molar-refractivity contribution in [3.8, 4) is 0 Å². The Kier molecular flexibility index (Phi) is 4.63. The van der Waals surface area contributed by atoms with Crippen molar-refractivity contribution in [1.82, 2.24) is 14.7 Å². The number of aliphatic hydroxyl groups excluding tert-OH is 1. The molecule has 1 aromatic carbocycles. The van der Waals surface area contributed by atoms with E-state index < -0.39 is 0 Å². The molecular weight excluding hydrogens is 335 g/mol. The molecule has 1 aromatic heterocycles. The number of piperazine rings is 1. The number of amides is 1. The number of hydrogen-bond acceptors (Lipinski definition) is 4. The molecule has 1 aliphatic carbocycles. The summed E-state index contributed by atoms with van der Waals surface area (Å²) in [6.07, 6.45) is 3.59. The lowest BCUT2D eigenvalue weighted by Gasteiger charge is -2.36. The smallest absolute Gasteiger partial charge is 0.244 e. The number of aryl methyl sites for hydroxylation is 1. The maximum absolute atomic E-state index is 13.9. The monoisotopic (exact) mass is 358 g/mol. The molecule has 0 spiro atoms. The van der Waals surface area contributed by atoms with Crippen LogP contribution >= 0.6 is 0 Å². The van der Waals surface area contributed by atoms with Crippen LogP contribution in [0.2, 0.25) is 0 Å². The highest BCUT2D eigenvalue weighted by atomic mass is 19.1. The van der Waals surface area contributed by atoms with Crippen LogP contribution in [0.4, 0.5) is 10.1 Å². The number of aliphatic hydroxyl groups is 1. The Morgan fingerprint density at radius 3 is 2.77 bits per heavy atom. The van der Waals surface area contributed by atoms with Crippen LogP contribution in [0.5, 0.6) is 0 Å². The first-order chi connectivity index (χ1) is 12.6. The molecule has 26 heavy (non-hydrogen) atoms. The summed E-state index contributed by atoms with van der Waals surface area (Å²) in [5, 5.41) is 14.2. The molecule has 2 aromatic rings. The van der Waals surface area contributed by atoms with E-state index in [-0.39, 0.29) is 24.4 Å². The number of halogens is 1. The lowest BCUT2D eigenvalue weighted by molar-refractivity contribution is -0.132. The first-order valence-electron chi connectivity index (χ1n) is 9.10. The summed E-state index contributed by atoms with van der Waals surface area (Å²) in [5.74, 6) is -0.210. The topological polar surface area (TPSA) is 61.6 Å². The van der Waals surface area contributed by atoms with Gasteiger partial charge in [-0.3, -0.25) is 9.48 Å². The van der Waals surface area contributed by atoms with Crippen LogP contribution < -0.4 is 4.90 Å². The molecule has 1 atom stereocenters. The fourth-order valence-corrected chi connectivity index (χ4v) is 3.81. The highest BCUT2D eigenvalue weighted by Crippen LogP contribution is 2.22. The van der Waals surface area contributed by atoms with Crippen molar-refractivity contribution in [3.63, 3.8) is 0 Å². The van der Waals surface area contributed by atoms with E-state index in [0.717, 1.165) is 24.1 Å². The SMILES string of the molecule is O=C(Cn1ncc2c1CC(O)CC2)N1CCN(c2ccccc2F)CC1. The van der Waals surface area contributed by atoms with Crippen LogP contribution in [0.1, 0.15) is 17.7 Å². The van der Waals surface area contributed by atoms with Crippen molar-refractivity contribution < 1.29 is 14.3 Å². The van der Waals surface area contributed by atoms with Crippen molar-refractivity contribution in [2.45, 2.75) is 31.9 Å². The second-order valence-electron chi connectivity index (χ2n) is 6.99. The molecule has 1 unspecified atom stereocenters. The van der Waals surface area contributed by atoms with E-state index >= 15 is 0 Å². The highest BCUT2D eigenvalue weighted by molar-refractivity contribution is 5.76. The molecule has 138 valence electrons. The number of carbonyl (C=O) groups is 1. The summed E-state index contributed by atoms with van der Waals surface area (Å²) in [6.45, 7) is 2.56. The minimum atomic E-state index is -0.350. The average molecular weight is 358 g/mol. The van der Waals surface area contributed by atoms with Crippen molar-refractivity contribution in [3.05, 3.63) is 47.5 Å². The highest BCUT2D eigenvalue weighted by Gasteiger charge is 2.25. The van der Waals surface area contributed by atoms with Gasteiger partial charge in [0.05, 0.1) is 18.0 Å². The van der Waals surface area contributed by atoms with Gasteiger partial charge in [0.2, 0.25) is 5.91 Å². The maximum Gasteiger partial charge on any atom is 0.244 e. The number of carbonyl (C=O) groups excluding carboxylic acids is 1. The Morgan fingerprint density at radius 2 is 2.00 bits per heavy atom. The number of rotatable bonds is 3. The van der Waals surface area contributed by atoms with Gasteiger partial charge in [0.25, 0.3) is 0 Å². The van der Waals surface area contributed by atoms with Crippen molar-refractivity contribution in [2.75, 3.05) is 31.1 Å². The van der Waals surface area contributed by atoms with Crippen LogP contribution in [-0.2, 0) is 24.2 Å². The Morgan fingerprint density at radius 1 is 1.23 bits per heavy atom. The number of nitrogens with zero attached hydrogens (tertiary/aromatic N) is 4. The van der Waals surface area contributed by atoms with Crippen LogP contribution in [0.3, 0.4) is 0 Å². The van der Waals surface area contributed by atoms with Crippen LogP contribution in [-0.4, -0.2) is 58.0 Å². The van der Waals surface area contributed by atoms with Crippen molar-refractivity contribution in [2.24, 2.45) is 0 Å². The van der Waals surface area contributed by atoms with Crippen LogP contribution in [0, 0.1) is 5.82 Å². The Balaban J connectivity index is 1.37. The van der Waals surface area contributed by atoms with E-state index in [0.29, 0.717) is 38.3 Å². The molecule has 0 bridgehead atoms. The van der Waals surface area contributed by atoms with E-state index in [1.165, 1.54) is 6.07 Å². The van der Waals surface area contributed by atoms with Gasteiger partial charge in [0.1, 0.15) is 12.4 Å². The molecule has 4 rings (SSSR count). The second kappa shape index (κ2) is 7.07. The molecule has 2 aliphatic rings. The summed E-state index contributed by atoms with van der Waals surface area (Å²) in [6, 6.07) is 6.74. The first-order valence-corrected chi connectivity index (χ1v) is 9.10. The van der Waals surface area contributed by atoms with E-state index in [2.05, 4.69) is 5.10 Å². The number of hydrogen-bond donors (Lipinski definition) is 1. The van der Waals surface area contributed by atoms with Gasteiger partial charge in [-0.25, -0.2) is 4.39 Å². The zero-order chi connectivity index (χ0) is 18.1. The summed E-state index contributed by atoms with van der Waals surface area (Å²) < 4.78 is 15.6. The zero-order valence-electron chi connectivity index (χ0n) is 14.6. The largest absolute Gasteiger partial charge is 0.393 e. The number of aromatic nitrogens is 2. The molecule has 7 heteroatoms. The first kappa shape index (κ1) is 17.0. The second-order valence-corrected chi connectivity index (χ2v) is 6.99. The quantitative estimate of drug-likeness (QED) is 0.896. The van der Waals surface area contributed by atoms with E-state index in [4.69, 9.17) is 0 Å². The Bertz CT molecular complexity index is 799. The Hall–Kier alpha value is -2.41. The third-order valence-electron chi connectivity index (χ3n) is 5.32. The number of fused-ring (bicyclic) bond motifs is 1. The van der Waals surface area contributed by atoms with E-state index in [9.17, 15) is 14.3 Å². The molecular formula is C19H23FN4O2. The summed E-state index contributed by atoms with van der Waals surface area (Å²) in [5.41, 5.74) is 2.70. The van der Waals surface area contributed by atoms with E-state index in [1.54, 1.807) is 16.8 Å².